The van der Waals surface area contributed by atoms with E-state index in [0.717, 1.165) is 49.5 Å². The van der Waals surface area contributed by atoms with Crippen LogP contribution in [0.2, 0.25) is 5.02 Å². The minimum Gasteiger partial charge on any atom is -0.481 e. The molecule has 0 fully saturated rings. The molecule has 7 heteroatoms. The number of aryl methyl sites for hydroxylation is 2. The molecule has 0 radical (unpaired) electrons. The predicted octanol–water partition coefficient (Wildman–Crippen LogP) is 5.41. The number of carboxylic acids is 1. The Morgan fingerprint density at radius 3 is 2.48 bits per heavy atom. The number of nitrogens with zero attached hydrogens (tertiary/aromatic N) is 2. The maximum Gasteiger partial charge on any atom is 0.307 e. The number of aliphatic carboxylic acids is 1. The van der Waals surface area contributed by atoms with Gasteiger partial charge in [0.25, 0.3) is 0 Å². The van der Waals surface area contributed by atoms with Crippen LogP contribution in [0.15, 0.2) is 30.3 Å². The lowest BCUT2D eigenvalue weighted by Crippen LogP contribution is -2.05. The van der Waals surface area contributed by atoms with E-state index in [2.05, 4.69) is 17.2 Å². The zero-order chi connectivity index (χ0) is 19.6. The number of carbonyl (C=O) groups is 1. The van der Waals surface area contributed by atoms with Gasteiger partial charge in [-0.15, -0.1) is 11.3 Å². The second kappa shape index (κ2) is 8.06. The van der Waals surface area contributed by atoms with Crippen molar-refractivity contribution in [2.24, 2.45) is 0 Å². The molecule has 0 aliphatic heterocycles. The monoisotopic (exact) mass is 401 g/mol. The molecule has 3 aromatic rings. The normalized spacial score (nSPS) is 10.8. The van der Waals surface area contributed by atoms with Crippen LogP contribution in [0, 0.1) is 13.8 Å². The summed E-state index contributed by atoms with van der Waals surface area (Å²) in [5.74, 6) is 0.563. The summed E-state index contributed by atoms with van der Waals surface area (Å²) in [6.07, 6.45) is 0.811. The van der Waals surface area contributed by atoms with E-state index in [4.69, 9.17) is 21.7 Å². The first-order valence-electron chi connectivity index (χ1n) is 8.59. The van der Waals surface area contributed by atoms with Gasteiger partial charge in [0.15, 0.2) is 5.82 Å². The molecule has 0 aliphatic rings. The van der Waals surface area contributed by atoms with E-state index in [-0.39, 0.29) is 6.42 Å². The molecule has 0 atom stereocenters. The van der Waals surface area contributed by atoms with Crippen molar-refractivity contribution in [3.8, 4) is 10.7 Å². The Balaban J connectivity index is 1.94. The summed E-state index contributed by atoms with van der Waals surface area (Å²) >= 11 is 7.77. The van der Waals surface area contributed by atoms with Crippen LogP contribution in [-0.4, -0.2) is 21.0 Å². The summed E-state index contributed by atoms with van der Waals surface area (Å²) in [6, 6.07) is 9.23. The number of carboxylic acid groups (broad SMARTS) is 1. The van der Waals surface area contributed by atoms with Crippen molar-refractivity contribution in [1.82, 2.24) is 9.97 Å². The van der Waals surface area contributed by atoms with Gasteiger partial charge >= 0.3 is 5.97 Å². The standard InChI is InChI=1S/C20H20ClN3O2S/c1-4-15-11(2)22-20(17-10-16(21)12(3)27-17)24-19(15)23-14-7-5-13(6-8-14)9-18(25)26/h5-8,10H,4,9H2,1-3H3,(H,25,26)(H,22,23,24). The first-order chi connectivity index (χ1) is 12.9. The maximum absolute atomic E-state index is 10.8. The Morgan fingerprint density at radius 2 is 1.93 bits per heavy atom. The number of hydrogen-bond acceptors (Lipinski definition) is 5. The van der Waals surface area contributed by atoms with Gasteiger partial charge in [-0.2, -0.15) is 0 Å². The van der Waals surface area contributed by atoms with E-state index in [1.807, 2.05) is 32.0 Å². The molecule has 0 saturated carbocycles. The second-order valence-electron chi connectivity index (χ2n) is 6.22. The fourth-order valence-electron chi connectivity index (χ4n) is 2.82. The Kier molecular flexibility index (Phi) is 5.77. The Bertz CT molecular complexity index is 964. The summed E-state index contributed by atoms with van der Waals surface area (Å²) in [5, 5.41) is 13.0. The Hall–Kier alpha value is -2.44. The third kappa shape index (κ3) is 4.46. The molecule has 0 aliphatic carbocycles. The summed E-state index contributed by atoms with van der Waals surface area (Å²) in [4.78, 5) is 22.2. The zero-order valence-corrected chi connectivity index (χ0v) is 16.9. The highest BCUT2D eigenvalue weighted by Gasteiger charge is 2.15. The highest BCUT2D eigenvalue weighted by molar-refractivity contribution is 7.16. The van der Waals surface area contributed by atoms with Gasteiger partial charge in [0, 0.05) is 21.8 Å². The van der Waals surface area contributed by atoms with Crippen LogP contribution in [0.5, 0.6) is 0 Å². The van der Waals surface area contributed by atoms with E-state index in [1.54, 1.807) is 23.5 Å². The first kappa shape index (κ1) is 19.3. The van der Waals surface area contributed by atoms with Crippen LogP contribution in [0.3, 0.4) is 0 Å². The van der Waals surface area contributed by atoms with Crippen molar-refractivity contribution in [3.05, 3.63) is 57.1 Å². The molecule has 0 spiro atoms. The molecule has 1 aromatic carbocycles. The summed E-state index contributed by atoms with van der Waals surface area (Å²) in [6.45, 7) is 6.02. The fraction of sp³-hybridized carbons (Fsp3) is 0.250. The fourth-order valence-corrected chi connectivity index (χ4v) is 3.96. The number of anilines is 2. The molecule has 2 N–H and O–H groups in total. The quantitative estimate of drug-likeness (QED) is 0.577. The number of aromatic nitrogens is 2. The molecule has 5 nitrogen and oxygen atoms in total. The van der Waals surface area contributed by atoms with Crippen molar-refractivity contribution >= 4 is 40.4 Å². The number of hydrogen-bond donors (Lipinski definition) is 2. The van der Waals surface area contributed by atoms with Crippen molar-refractivity contribution in [2.45, 2.75) is 33.6 Å². The van der Waals surface area contributed by atoms with Crippen molar-refractivity contribution in [1.29, 1.82) is 0 Å². The Morgan fingerprint density at radius 1 is 1.22 bits per heavy atom. The molecule has 0 unspecified atom stereocenters. The van der Waals surface area contributed by atoms with Crippen molar-refractivity contribution in [3.63, 3.8) is 0 Å². The lowest BCUT2D eigenvalue weighted by atomic mass is 10.1. The summed E-state index contributed by atoms with van der Waals surface area (Å²) < 4.78 is 0. The number of halogens is 1. The van der Waals surface area contributed by atoms with Gasteiger partial charge in [-0.05, 0) is 44.0 Å². The third-order valence-electron chi connectivity index (χ3n) is 4.22. The molecule has 2 aromatic heterocycles. The minimum absolute atomic E-state index is 0.00966. The lowest BCUT2D eigenvalue weighted by Gasteiger charge is -2.14. The molecule has 0 bridgehead atoms. The molecule has 140 valence electrons. The van der Waals surface area contributed by atoms with Crippen molar-refractivity contribution in [2.75, 3.05) is 5.32 Å². The first-order valence-corrected chi connectivity index (χ1v) is 9.78. The summed E-state index contributed by atoms with van der Waals surface area (Å²) in [5.41, 5.74) is 3.58. The highest BCUT2D eigenvalue weighted by Crippen LogP contribution is 2.34. The number of nitrogens with one attached hydrogen (secondary N) is 1. The topological polar surface area (TPSA) is 75.1 Å². The Labute approximate surface area is 167 Å². The number of rotatable bonds is 6. The lowest BCUT2D eigenvalue weighted by molar-refractivity contribution is -0.136. The van der Waals surface area contributed by atoms with Gasteiger partial charge in [0.2, 0.25) is 0 Å². The minimum atomic E-state index is -0.843. The van der Waals surface area contributed by atoms with Gasteiger partial charge < -0.3 is 10.4 Å². The SMILES string of the molecule is CCc1c(C)nc(-c2cc(Cl)c(C)s2)nc1Nc1ccc(CC(=O)O)cc1. The summed E-state index contributed by atoms with van der Waals surface area (Å²) in [7, 11) is 0. The van der Waals surface area contributed by atoms with Crippen LogP contribution in [0.4, 0.5) is 11.5 Å². The molecular formula is C20H20ClN3O2S. The third-order valence-corrected chi connectivity index (χ3v) is 5.77. The van der Waals surface area contributed by atoms with E-state index in [1.165, 1.54) is 0 Å². The number of thiophene rings is 1. The largest absolute Gasteiger partial charge is 0.481 e. The van der Waals surface area contributed by atoms with Crippen LogP contribution in [-0.2, 0) is 17.6 Å². The molecule has 2 heterocycles. The smallest absolute Gasteiger partial charge is 0.307 e. The van der Waals surface area contributed by atoms with Gasteiger partial charge in [-0.1, -0.05) is 30.7 Å². The van der Waals surface area contributed by atoms with Gasteiger partial charge in [-0.3, -0.25) is 4.79 Å². The predicted molar refractivity (Wildman–Crippen MR) is 110 cm³/mol. The van der Waals surface area contributed by atoms with Crippen LogP contribution in [0.25, 0.3) is 10.7 Å². The van der Waals surface area contributed by atoms with Gasteiger partial charge in [0.05, 0.1) is 16.3 Å². The maximum atomic E-state index is 10.8. The molecule has 0 saturated heterocycles. The molecule has 27 heavy (non-hydrogen) atoms. The zero-order valence-electron chi connectivity index (χ0n) is 15.3. The average Bonchev–Trinajstić information content (AvgIpc) is 2.95. The van der Waals surface area contributed by atoms with Crippen LogP contribution in [0.1, 0.15) is 28.6 Å². The number of benzene rings is 1. The van der Waals surface area contributed by atoms with E-state index in [0.29, 0.717) is 5.82 Å². The van der Waals surface area contributed by atoms with Gasteiger partial charge in [-0.25, -0.2) is 9.97 Å². The van der Waals surface area contributed by atoms with E-state index in [9.17, 15) is 4.79 Å². The van der Waals surface area contributed by atoms with Crippen LogP contribution >= 0.6 is 22.9 Å². The van der Waals surface area contributed by atoms with Crippen LogP contribution < -0.4 is 5.32 Å². The van der Waals surface area contributed by atoms with E-state index >= 15 is 0 Å². The molecule has 3 rings (SSSR count). The van der Waals surface area contributed by atoms with Gasteiger partial charge in [0.1, 0.15) is 5.82 Å². The van der Waals surface area contributed by atoms with Crippen molar-refractivity contribution < 1.29 is 9.90 Å². The molecular weight excluding hydrogens is 382 g/mol. The average molecular weight is 402 g/mol. The highest BCUT2D eigenvalue weighted by atomic mass is 35.5. The molecule has 0 amide bonds. The van der Waals surface area contributed by atoms with E-state index < -0.39 is 5.97 Å². The second-order valence-corrected chi connectivity index (χ2v) is 7.88.